The number of aromatic nitrogens is 6. The third kappa shape index (κ3) is 3.91. The zero-order chi connectivity index (χ0) is 23.8. The van der Waals surface area contributed by atoms with Crippen LogP contribution in [0.15, 0.2) is 59.7 Å². The van der Waals surface area contributed by atoms with Crippen molar-refractivity contribution in [1.29, 1.82) is 0 Å². The van der Waals surface area contributed by atoms with Crippen LogP contribution < -0.4 is 15.6 Å². The van der Waals surface area contributed by atoms with Crippen molar-refractivity contribution in [3.8, 4) is 22.7 Å². The maximum Gasteiger partial charge on any atom is 0.388 e. The van der Waals surface area contributed by atoms with Gasteiger partial charge in [0.05, 0.1) is 16.8 Å². The minimum atomic E-state index is -3.00. The molecule has 0 spiro atoms. The quantitative estimate of drug-likeness (QED) is 0.409. The fraction of sp³-hybridized carbons (Fsp3) is 0.174. The summed E-state index contributed by atoms with van der Waals surface area (Å²) in [5.74, 6) is 0.332. The van der Waals surface area contributed by atoms with Gasteiger partial charge in [-0.05, 0) is 43.3 Å². The topological polar surface area (TPSA) is 99.8 Å². The maximum absolute atomic E-state index is 13.7. The van der Waals surface area contributed by atoms with E-state index in [0.29, 0.717) is 34.6 Å². The molecule has 11 heteroatoms. The zero-order valence-electron chi connectivity index (χ0n) is 18.2. The van der Waals surface area contributed by atoms with Gasteiger partial charge in [-0.25, -0.2) is 9.97 Å². The highest BCUT2D eigenvalue weighted by Gasteiger charge is 2.18. The Bertz CT molecular complexity index is 1560. The van der Waals surface area contributed by atoms with E-state index in [-0.39, 0.29) is 11.4 Å². The summed E-state index contributed by atoms with van der Waals surface area (Å²) in [7, 11) is 1.82. The summed E-state index contributed by atoms with van der Waals surface area (Å²) < 4.78 is 32.4. The monoisotopic (exact) mass is 463 g/mol. The number of fused-ring (bicyclic) bond motifs is 2. The molecular weight excluding hydrogens is 444 g/mol. The van der Waals surface area contributed by atoms with E-state index >= 15 is 0 Å². The number of hydrogen-bond acceptors (Lipinski definition) is 7. The van der Waals surface area contributed by atoms with E-state index < -0.39 is 12.2 Å². The molecule has 0 unspecified atom stereocenters. The maximum atomic E-state index is 13.7. The Kier molecular flexibility index (Phi) is 5.36. The molecule has 0 aliphatic heterocycles. The fourth-order valence-electron chi connectivity index (χ4n) is 3.75. The molecule has 1 N–H and O–H groups in total. The largest absolute Gasteiger partial charge is 0.417 e. The molecule has 1 aromatic carbocycles. The molecular formula is C23H19F2N7O2. The van der Waals surface area contributed by atoms with Gasteiger partial charge in [0.2, 0.25) is 5.88 Å². The van der Waals surface area contributed by atoms with Crippen LogP contribution in [-0.4, -0.2) is 42.7 Å². The molecule has 0 saturated carbocycles. The van der Waals surface area contributed by atoms with Gasteiger partial charge in [-0.1, -0.05) is 0 Å². The number of nitrogens with zero attached hydrogens (tertiary/aromatic N) is 6. The lowest BCUT2D eigenvalue weighted by Crippen LogP contribution is -2.24. The Balaban J connectivity index is 1.74. The Labute approximate surface area is 191 Å². The van der Waals surface area contributed by atoms with Gasteiger partial charge >= 0.3 is 6.61 Å². The third-order valence-electron chi connectivity index (χ3n) is 5.16. The van der Waals surface area contributed by atoms with Crippen LogP contribution >= 0.6 is 0 Å². The molecule has 0 aliphatic rings. The number of benzene rings is 1. The summed E-state index contributed by atoms with van der Waals surface area (Å²) in [4.78, 5) is 22.2. The third-order valence-corrected chi connectivity index (χ3v) is 5.16. The fourth-order valence-corrected chi connectivity index (χ4v) is 3.75. The number of anilines is 1. The number of aryl methyl sites for hydroxylation is 1. The molecule has 34 heavy (non-hydrogen) atoms. The van der Waals surface area contributed by atoms with Crippen molar-refractivity contribution in [3.63, 3.8) is 0 Å². The Morgan fingerprint density at radius 3 is 2.65 bits per heavy atom. The van der Waals surface area contributed by atoms with Crippen molar-refractivity contribution in [2.45, 2.75) is 13.5 Å². The highest BCUT2D eigenvalue weighted by atomic mass is 19.3. The average molecular weight is 463 g/mol. The van der Waals surface area contributed by atoms with Crippen LogP contribution in [0.4, 0.5) is 14.6 Å². The van der Waals surface area contributed by atoms with Crippen molar-refractivity contribution < 1.29 is 13.5 Å². The molecule has 4 aromatic heterocycles. The van der Waals surface area contributed by atoms with E-state index in [9.17, 15) is 13.6 Å². The second kappa shape index (κ2) is 8.50. The molecule has 0 bridgehead atoms. The first kappa shape index (κ1) is 21.4. The summed E-state index contributed by atoms with van der Waals surface area (Å²) in [6.45, 7) is -0.419. The zero-order valence-corrected chi connectivity index (χ0v) is 18.2. The highest BCUT2D eigenvalue weighted by Crippen LogP contribution is 2.26. The molecule has 9 nitrogen and oxygen atoms in total. The molecule has 5 rings (SSSR count). The standard InChI is InChI=1S/C23H19F2N7O2/c1-3-26-18-8-7-17-21(28-18)20(13-4-9-19(27-11-13)34-23(24)25)22(33)32(30-17)15-5-6-16-14(10-15)12-31(2)29-16/h4-12,23H,3H2,1-2H3,(H,26,28). The summed E-state index contributed by atoms with van der Waals surface area (Å²) in [5, 5.41) is 12.9. The number of ether oxygens (including phenoxy) is 1. The van der Waals surface area contributed by atoms with Gasteiger partial charge in [-0.15, -0.1) is 0 Å². The molecule has 4 heterocycles. The predicted octanol–water partition coefficient (Wildman–Crippen LogP) is 3.76. The van der Waals surface area contributed by atoms with Crippen LogP contribution in [-0.2, 0) is 7.05 Å². The van der Waals surface area contributed by atoms with Crippen LogP contribution in [0.5, 0.6) is 5.88 Å². The molecule has 0 aliphatic carbocycles. The van der Waals surface area contributed by atoms with E-state index in [0.717, 1.165) is 10.9 Å². The summed E-state index contributed by atoms with van der Waals surface area (Å²) in [6, 6.07) is 11.7. The molecule has 0 fully saturated rings. The SMILES string of the molecule is CCNc1ccc2nn(-c3ccc4nn(C)cc4c3)c(=O)c(-c3ccc(OC(F)F)nc3)c2n1. The lowest BCUT2D eigenvalue weighted by atomic mass is 10.1. The molecule has 0 saturated heterocycles. The number of hydrogen-bond donors (Lipinski definition) is 1. The normalized spacial score (nSPS) is 11.4. The Hall–Kier alpha value is -4.41. The number of halogens is 2. The van der Waals surface area contributed by atoms with Gasteiger partial charge in [0.1, 0.15) is 16.9 Å². The average Bonchev–Trinajstić information content (AvgIpc) is 3.18. The smallest absolute Gasteiger partial charge is 0.388 e. The summed E-state index contributed by atoms with van der Waals surface area (Å²) >= 11 is 0. The predicted molar refractivity (Wildman–Crippen MR) is 123 cm³/mol. The van der Waals surface area contributed by atoms with Gasteiger partial charge in [0, 0.05) is 43.0 Å². The van der Waals surface area contributed by atoms with E-state index in [1.165, 1.54) is 23.0 Å². The molecule has 172 valence electrons. The van der Waals surface area contributed by atoms with Crippen LogP contribution in [0, 0.1) is 0 Å². The van der Waals surface area contributed by atoms with E-state index in [4.69, 9.17) is 0 Å². The number of pyridine rings is 2. The summed E-state index contributed by atoms with van der Waals surface area (Å²) in [6.07, 6.45) is 3.16. The van der Waals surface area contributed by atoms with Crippen LogP contribution in [0.3, 0.4) is 0 Å². The Morgan fingerprint density at radius 2 is 1.91 bits per heavy atom. The molecule has 5 aromatic rings. The lowest BCUT2D eigenvalue weighted by Gasteiger charge is -2.12. The van der Waals surface area contributed by atoms with Gasteiger partial charge in [-0.2, -0.15) is 23.7 Å². The summed E-state index contributed by atoms with van der Waals surface area (Å²) in [5.41, 5.74) is 2.40. The van der Waals surface area contributed by atoms with Gasteiger partial charge in [-0.3, -0.25) is 9.48 Å². The van der Waals surface area contributed by atoms with Crippen molar-refractivity contribution in [1.82, 2.24) is 29.5 Å². The molecule has 0 atom stereocenters. The van der Waals surface area contributed by atoms with Crippen LogP contribution in [0.1, 0.15) is 6.92 Å². The first-order valence-corrected chi connectivity index (χ1v) is 10.5. The van der Waals surface area contributed by atoms with Gasteiger partial charge in [0.25, 0.3) is 5.56 Å². The second-order valence-corrected chi connectivity index (χ2v) is 7.50. The van der Waals surface area contributed by atoms with Crippen molar-refractivity contribution in [3.05, 3.63) is 65.2 Å². The van der Waals surface area contributed by atoms with Crippen LogP contribution in [0.2, 0.25) is 0 Å². The van der Waals surface area contributed by atoms with Crippen molar-refractivity contribution >= 4 is 27.8 Å². The number of rotatable bonds is 6. The minimum absolute atomic E-state index is 0.243. The van der Waals surface area contributed by atoms with Crippen molar-refractivity contribution in [2.24, 2.45) is 7.05 Å². The lowest BCUT2D eigenvalue weighted by molar-refractivity contribution is -0.0528. The number of alkyl halides is 2. The first-order chi connectivity index (χ1) is 16.4. The van der Waals surface area contributed by atoms with Gasteiger partial charge < -0.3 is 10.1 Å². The van der Waals surface area contributed by atoms with Crippen LogP contribution in [0.25, 0.3) is 38.8 Å². The first-order valence-electron chi connectivity index (χ1n) is 10.5. The van der Waals surface area contributed by atoms with Gasteiger partial charge in [0.15, 0.2) is 0 Å². The van der Waals surface area contributed by atoms with E-state index in [1.807, 2.05) is 32.3 Å². The minimum Gasteiger partial charge on any atom is -0.417 e. The molecule has 0 amide bonds. The van der Waals surface area contributed by atoms with E-state index in [1.54, 1.807) is 22.9 Å². The second-order valence-electron chi connectivity index (χ2n) is 7.50. The highest BCUT2D eigenvalue weighted by molar-refractivity contribution is 5.91. The molecule has 0 radical (unpaired) electrons. The van der Waals surface area contributed by atoms with E-state index in [2.05, 4.69) is 30.2 Å². The number of nitrogens with one attached hydrogen (secondary N) is 1. The van der Waals surface area contributed by atoms with Crippen molar-refractivity contribution in [2.75, 3.05) is 11.9 Å². The Morgan fingerprint density at radius 1 is 1.09 bits per heavy atom.